The minimum Gasteiger partial charge on any atom is -0.361 e. The fourth-order valence-corrected chi connectivity index (χ4v) is 3.46. The number of hydrogen-bond donors (Lipinski definition) is 1. The molecule has 1 atom stereocenters. The molecule has 0 bridgehead atoms. The van der Waals surface area contributed by atoms with Crippen LogP contribution >= 0.6 is 0 Å². The second kappa shape index (κ2) is 7.68. The number of carbonyl (C=O) groups is 2. The van der Waals surface area contributed by atoms with Gasteiger partial charge in [0.1, 0.15) is 11.6 Å². The Morgan fingerprint density at radius 1 is 1.31 bits per heavy atom. The van der Waals surface area contributed by atoms with E-state index in [1.807, 2.05) is 18.7 Å². The van der Waals surface area contributed by atoms with Crippen LogP contribution < -0.4 is 5.32 Å². The maximum atomic E-state index is 12.9. The van der Waals surface area contributed by atoms with Crippen molar-refractivity contribution in [2.24, 2.45) is 0 Å². The molecule has 1 saturated heterocycles. The second-order valence-electron chi connectivity index (χ2n) is 6.50. The molecule has 0 saturated carbocycles. The van der Waals surface area contributed by atoms with Gasteiger partial charge in [0.15, 0.2) is 0 Å². The highest BCUT2D eigenvalue weighted by Gasteiger charge is 2.33. The van der Waals surface area contributed by atoms with Gasteiger partial charge in [-0.2, -0.15) is 0 Å². The summed E-state index contributed by atoms with van der Waals surface area (Å²) in [4.78, 5) is 26.5. The van der Waals surface area contributed by atoms with Crippen molar-refractivity contribution in [1.82, 2.24) is 15.4 Å². The fourth-order valence-electron chi connectivity index (χ4n) is 3.46. The minimum atomic E-state index is -0.392. The summed E-state index contributed by atoms with van der Waals surface area (Å²) in [6.45, 7) is 4.67. The molecule has 1 aliphatic rings. The molecule has 0 spiro atoms. The van der Waals surface area contributed by atoms with E-state index >= 15 is 0 Å². The number of amides is 2. The summed E-state index contributed by atoms with van der Waals surface area (Å²) in [5.41, 5.74) is 2.18. The standard InChI is InChI=1S/C19H22FN3O3/c1-12-18(13(2)26-22-12)16-4-3-11-23(16)17(24)9-10-21-19(25)14-5-7-15(20)8-6-14/h5-8,16H,3-4,9-11H2,1-2H3,(H,21,25). The van der Waals surface area contributed by atoms with Crippen LogP contribution in [-0.4, -0.2) is 35.0 Å². The SMILES string of the molecule is Cc1noc(C)c1C1CCCN1C(=O)CCNC(=O)c1ccc(F)cc1. The largest absolute Gasteiger partial charge is 0.361 e. The Kier molecular flexibility index (Phi) is 5.35. The summed E-state index contributed by atoms with van der Waals surface area (Å²) in [5.74, 6) is 0.0290. The van der Waals surface area contributed by atoms with Crippen molar-refractivity contribution in [3.8, 4) is 0 Å². The molecule has 1 aliphatic heterocycles. The van der Waals surface area contributed by atoms with E-state index in [2.05, 4.69) is 10.5 Å². The number of halogens is 1. The van der Waals surface area contributed by atoms with Crippen LogP contribution in [0.1, 0.15) is 52.7 Å². The number of aromatic nitrogens is 1. The molecule has 0 radical (unpaired) electrons. The van der Waals surface area contributed by atoms with E-state index in [-0.39, 0.29) is 30.8 Å². The van der Waals surface area contributed by atoms with Gasteiger partial charge in [0, 0.05) is 30.6 Å². The first kappa shape index (κ1) is 18.1. The van der Waals surface area contributed by atoms with Crippen LogP contribution in [0, 0.1) is 19.7 Å². The van der Waals surface area contributed by atoms with Crippen molar-refractivity contribution in [3.63, 3.8) is 0 Å². The number of nitrogens with zero attached hydrogens (tertiary/aromatic N) is 2. The summed E-state index contributed by atoms with van der Waals surface area (Å²) < 4.78 is 18.1. The quantitative estimate of drug-likeness (QED) is 0.891. The van der Waals surface area contributed by atoms with Crippen molar-refractivity contribution < 1.29 is 18.5 Å². The van der Waals surface area contributed by atoms with E-state index in [0.29, 0.717) is 12.1 Å². The minimum absolute atomic E-state index is 0.00749. The third-order valence-corrected chi connectivity index (χ3v) is 4.73. The maximum Gasteiger partial charge on any atom is 0.251 e. The van der Waals surface area contributed by atoms with Gasteiger partial charge in [-0.05, 0) is 51.0 Å². The van der Waals surface area contributed by atoms with Gasteiger partial charge < -0.3 is 14.7 Å². The predicted molar refractivity (Wildman–Crippen MR) is 93.0 cm³/mol. The van der Waals surface area contributed by atoms with Gasteiger partial charge in [-0.3, -0.25) is 9.59 Å². The zero-order valence-electron chi connectivity index (χ0n) is 14.9. The number of benzene rings is 1. The van der Waals surface area contributed by atoms with Crippen molar-refractivity contribution in [2.75, 3.05) is 13.1 Å². The Morgan fingerprint density at radius 2 is 2.04 bits per heavy atom. The lowest BCUT2D eigenvalue weighted by Gasteiger charge is -2.25. The third-order valence-electron chi connectivity index (χ3n) is 4.73. The van der Waals surface area contributed by atoms with Gasteiger partial charge in [-0.25, -0.2) is 4.39 Å². The lowest BCUT2D eigenvalue weighted by atomic mass is 10.0. The monoisotopic (exact) mass is 359 g/mol. The lowest BCUT2D eigenvalue weighted by Crippen LogP contribution is -2.34. The first-order valence-corrected chi connectivity index (χ1v) is 8.73. The number of carbonyl (C=O) groups excluding carboxylic acids is 2. The van der Waals surface area contributed by atoms with Gasteiger partial charge in [-0.1, -0.05) is 5.16 Å². The van der Waals surface area contributed by atoms with E-state index in [9.17, 15) is 14.0 Å². The molecule has 3 rings (SSSR count). The molecule has 0 aliphatic carbocycles. The van der Waals surface area contributed by atoms with Crippen molar-refractivity contribution in [1.29, 1.82) is 0 Å². The first-order chi connectivity index (χ1) is 12.5. The smallest absolute Gasteiger partial charge is 0.251 e. The lowest BCUT2D eigenvalue weighted by molar-refractivity contribution is -0.132. The molecule has 1 aromatic heterocycles. The molecule has 26 heavy (non-hydrogen) atoms. The Bertz CT molecular complexity index is 781. The van der Waals surface area contributed by atoms with Crippen LogP contribution in [0.2, 0.25) is 0 Å². The molecule has 2 aromatic rings. The molecular weight excluding hydrogens is 337 g/mol. The zero-order chi connectivity index (χ0) is 18.7. The molecule has 1 unspecified atom stereocenters. The summed E-state index contributed by atoms with van der Waals surface area (Å²) in [6, 6.07) is 5.29. The number of aryl methyl sites for hydroxylation is 2. The average molecular weight is 359 g/mol. The molecular formula is C19H22FN3O3. The van der Waals surface area contributed by atoms with Crippen molar-refractivity contribution in [2.45, 2.75) is 39.2 Å². The van der Waals surface area contributed by atoms with Crippen LogP contribution in [-0.2, 0) is 4.79 Å². The highest BCUT2D eigenvalue weighted by Crippen LogP contribution is 2.35. The summed E-state index contributed by atoms with van der Waals surface area (Å²) in [6.07, 6.45) is 2.03. The zero-order valence-corrected chi connectivity index (χ0v) is 14.9. The van der Waals surface area contributed by atoms with Crippen LogP contribution in [0.25, 0.3) is 0 Å². The Labute approximate surface area is 151 Å². The van der Waals surface area contributed by atoms with E-state index in [1.54, 1.807) is 0 Å². The highest BCUT2D eigenvalue weighted by molar-refractivity contribution is 5.94. The Balaban J connectivity index is 1.56. The molecule has 7 heteroatoms. The third kappa shape index (κ3) is 3.76. The van der Waals surface area contributed by atoms with Crippen molar-refractivity contribution in [3.05, 3.63) is 52.7 Å². The van der Waals surface area contributed by atoms with E-state index in [0.717, 1.165) is 29.9 Å². The second-order valence-corrected chi connectivity index (χ2v) is 6.50. The van der Waals surface area contributed by atoms with E-state index < -0.39 is 5.82 Å². The molecule has 1 N–H and O–H groups in total. The van der Waals surface area contributed by atoms with Gasteiger partial charge in [0.2, 0.25) is 5.91 Å². The highest BCUT2D eigenvalue weighted by atomic mass is 19.1. The number of nitrogens with one attached hydrogen (secondary N) is 1. The molecule has 2 heterocycles. The maximum absolute atomic E-state index is 12.9. The first-order valence-electron chi connectivity index (χ1n) is 8.73. The van der Waals surface area contributed by atoms with Crippen LogP contribution in [0.4, 0.5) is 4.39 Å². The Hall–Kier alpha value is -2.70. The number of rotatable bonds is 5. The molecule has 2 amide bonds. The summed E-state index contributed by atoms with van der Waals surface area (Å²) in [7, 11) is 0. The van der Waals surface area contributed by atoms with Crippen molar-refractivity contribution >= 4 is 11.8 Å². The van der Waals surface area contributed by atoms with E-state index in [4.69, 9.17) is 4.52 Å². The Morgan fingerprint density at radius 3 is 2.69 bits per heavy atom. The molecule has 1 aromatic carbocycles. The average Bonchev–Trinajstić information content (AvgIpc) is 3.21. The van der Waals surface area contributed by atoms with Gasteiger partial charge in [0.05, 0.1) is 11.7 Å². The molecule has 1 fully saturated rings. The number of likely N-dealkylation sites (tertiary alicyclic amines) is 1. The van der Waals surface area contributed by atoms with Gasteiger partial charge >= 0.3 is 0 Å². The van der Waals surface area contributed by atoms with Gasteiger partial charge in [-0.15, -0.1) is 0 Å². The van der Waals surface area contributed by atoms with Crippen LogP contribution in [0.5, 0.6) is 0 Å². The topological polar surface area (TPSA) is 75.4 Å². The normalized spacial score (nSPS) is 16.7. The molecule has 6 nitrogen and oxygen atoms in total. The van der Waals surface area contributed by atoms with E-state index in [1.165, 1.54) is 24.3 Å². The predicted octanol–water partition coefficient (Wildman–Crippen LogP) is 2.91. The van der Waals surface area contributed by atoms with Crippen LogP contribution in [0.15, 0.2) is 28.8 Å². The fraction of sp³-hybridized carbons (Fsp3) is 0.421. The summed E-state index contributed by atoms with van der Waals surface area (Å²) in [5, 5.41) is 6.69. The van der Waals surface area contributed by atoms with Crippen LogP contribution in [0.3, 0.4) is 0 Å². The summed E-state index contributed by atoms with van der Waals surface area (Å²) >= 11 is 0. The molecule has 138 valence electrons. The van der Waals surface area contributed by atoms with Gasteiger partial charge in [0.25, 0.3) is 5.91 Å². The number of hydrogen-bond acceptors (Lipinski definition) is 4.